The van der Waals surface area contributed by atoms with Crippen LogP contribution in [0.4, 0.5) is 11.4 Å². The number of benzene rings is 4. The maximum absolute atomic E-state index is 10.8. The quantitative estimate of drug-likeness (QED) is 0.284. The predicted octanol–water partition coefficient (Wildman–Crippen LogP) is 6.50. The molecule has 0 saturated carbocycles. The Labute approximate surface area is 172 Å². The van der Waals surface area contributed by atoms with E-state index in [0.29, 0.717) is 0 Å². The Kier molecular flexibility index (Phi) is 5.05. The third kappa shape index (κ3) is 3.93. The van der Waals surface area contributed by atoms with E-state index >= 15 is 0 Å². The minimum Gasteiger partial charge on any atom is -0.258 e. The lowest BCUT2D eigenvalue weighted by atomic mass is 9.98. The van der Waals surface area contributed by atoms with E-state index in [1.165, 1.54) is 24.3 Å². The van der Waals surface area contributed by atoms with Gasteiger partial charge in [0.05, 0.1) is 9.85 Å². The molecule has 146 valence electrons. The Morgan fingerprint density at radius 1 is 0.367 bits per heavy atom. The van der Waals surface area contributed by atoms with Gasteiger partial charge in [-0.2, -0.15) is 0 Å². The smallest absolute Gasteiger partial charge is 0.258 e. The fourth-order valence-corrected chi connectivity index (χ4v) is 3.26. The second-order valence-electron chi connectivity index (χ2n) is 6.76. The molecular weight excluding hydrogens is 380 g/mol. The maximum atomic E-state index is 10.8. The second-order valence-corrected chi connectivity index (χ2v) is 6.76. The highest BCUT2D eigenvalue weighted by Crippen LogP contribution is 2.29. The molecule has 4 aromatic carbocycles. The van der Waals surface area contributed by atoms with Gasteiger partial charge < -0.3 is 0 Å². The Bertz CT molecular complexity index is 1100. The van der Waals surface area contributed by atoms with Crippen molar-refractivity contribution in [1.82, 2.24) is 0 Å². The molecule has 4 aromatic rings. The number of nitro benzene ring substituents is 2. The lowest BCUT2D eigenvalue weighted by Crippen LogP contribution is -1.87. The molecule has 0 bridgehead atoms. The van der Waals surface area contributed by atoms with Gasteiger partial charge in [-0.05, 0) is 57.6 Å². The molecule has 0 fully saturated rings. The molecule has 6 heteroatoms. The largest absolute Gasteiger partial charge is 0.269 e. The molecule has 30 heavy (non-hydrogen) atoms. The maximum Gasteiger partial charge on any atom is 0.269 e. The molecule has 0 aromatic heterocycles. The molecule has 0 radical (unpaired) electrons. The molecule has 0 spiro atoms. The van der Waals surface area contributed by atoms with Crippen molar-refractivity contribution in [2.75, 3.05) is 0 Å². The molecule has 0 atom stereocenters. The normalized spacial score (nSPS) is 10.5. The van der Waals surface area contributed by atoms with Crippen LogP contribution in [0.5, 0.6) is 0 Å². The minimum atomic E-state index is -0.409. The summed E-state index contributed by atoms with van der Waals surface area (Å²) >= 11 is 0. The van der Waals surface area contributed by atoms with Gasteiger partial charge in [0.25, 0.3) is 11.4 Å². The summed E-state index contributed by atoms with van der Waals surface area (Å²) in [5.41, 5.74) is 6.05. The molecule has 0 aliphatic carbocycles. The van der Waals surface area contributed by atoms with Crippen LogP contribution in [0.25, 0.3) is 33.4 Å². The van der Waals surface area contributed by atoms with Crippen LogP contribution in [0.15, 0.2) is 97.1 Å². The van der Waals surface area contributed by atoms with Crippen LogP contribution in [-0.4, -0.2) is 9.85 Å². The van der Waals surface area contributed by atoms with Crippen molar-refractivity contribution in [1.29, 1.82) is 0 Å². The van der Waals surface area contributed by atoms with Gasteiger partial charge in [-0.1, -0.05) is 48.5 Å². The summed E-state index contributed by atoms with van der Waals surface area (Å²) in [6, 6.07) is 29.0. The summed E-state index contributed by atoms with van der Waals surface area (Å²) in [6.07, 6.45) is 0. The summed E-state index contributed by atoms with van der Waals surface area (Å²) in [6.45, 7) is 0. The summed E-state index contributed by atoms with van der Waals surface area (Å²) in [5, 5.41) is 21.6. The van der Waals surface area contributed by atoms with Crippen LogP contribution in [0, 0.1) is 20.2 Å². The third-order valence-corrected chi connectivity index (χ3v) is 4.93. The van der Waals surface area contributed by atoms with E-state index in [0.717, 1.165) is 33.4 Å². The average molecular weight is 396 g/mol. The lowest BCUT2D eigenvalue weighted by molar-refractivity contribution is -0.385. The predicted molar refractivity (Wildman–Crippen MR) is 116 cm³/mol. The monoisotopic (exact) mass is 396 g/mol. The number of nitro groups is 2. The number of rotatable bonds is 5. The molecule has 0 unspecified atom stereocenters. The first-order valence-corrected chi connectivity index (χ1v) is 9.21. The van der Waals surface area contributed by atoms with Crippen LogP contribution in [0.2, 0.25) is 0 Å². The van der Waals surface area contributed by atoms with Crippen LogP contribution < -0.4 is 0 Å². The van der Waals surface area contributed by atoms with Crippen molar-refractivity contribution in [2.45, 2.75) is 0 Å². The first kappa shape index (κ1) is 19.0. The molecule has 6 nitrogen and oxygen atoms in total. The molecule has 0 heterocycles. The number of non-ortho nitro benzene ring substituents is 2. The first-order valence-electron chi connectivity index (χ1n) is 9.21. The van der Waals surface area contributed by atoms with E-state index in [4.69, 9.17) is 0 Å². The highest BCUT2D eigenvalue weighted by molar-refractivity contribution is 5.73. The Balaban J connectivity index is 1.53. The average Bonchev–Trinajstić information content (AvgIpc) is 2.79. The highest BCUT2D eigenvalue weighted by Gasteiger charge is 2.07. The van der Waals surface area contributed by atoms with E-state index in [2.05, 4.69) is 0 Å². The Morgan fingerprint density at radius 3 is 0.700 bits per heavy atom. The number of hydrogen-bond acceptors (Lipinski definition) is 4. The standard InChI is InChI=1S/C24H16N2O4/c27-25(28)23-13-9-21(10-14-23)19-5-1-17(2-6-19)18-3-7-20(8-4-18)22-11-15-24(16-12-22)26(29)30/h1-16H. The van der Waals surface area contributed by atoms with E-state index in [-0.39, 0.29) is 11.4 Å². The van der Waals surface area contributed by atoms with Gasteiger partial charge in [0.2, 0.25) is 0 Å². The van der Waals surface area contributed by atoms with Gasteiger partial charge in [-0.25, -0.2) is 0 Å². The van der Waals surface area contributed by atoms with Gasteiger partial charge in [0.1, 0.15) is 0 Å². The van der Waals surface area contributed by atoms with Crippen LogP contribution in [-0.2, 0) is 0 Å². The van der Waals surface area contributed by atoms with Crippen LogP contribution in [0.1, 0.15) is 0 Å². The fraction of sp³-hybridized carbons (Fsp3) is 0. The van der Waals surface area contributed by atoms with E-state index < -0.39 is 9.85 Å². The van der Waals surface area contributed by atoms with Crippen molar-refractivity contribution in [2.24, 2.45) is 0 Å². The molecule has 0 N–H and O–H groups in total. The summed E-state index contributed by atoms with van der Waals surface area (Å²) in [5.74, 6) is 0. The van der Waals surface area contributed by atoms with E-state index in [1.807, 2.05) is 48.5 Å². The highest BCUT2D eigenvalue weighted by atomic mass is 16.6. The first-order chi connectivity index (χ1) is 14.5. The third-order valence-electron chi connectivity index (χ3n) is 4.93. The van der Waals surface area contributed by atoms with Gasteiger partial charge in [0.15, 0.2) is 0 Å². The minimum absolute atomic E-state index is 0.0727. The van der Waals surface area contributed by atoms with E-state index in [1.54, 1.807) is 24.3 Å². The molecule has 0 amide bonds. The number of nitrogens with zero attached hydrogens (tertiary/aromatic N) is 2. The fourth-order valence-electron chi connectivity index (χ4n) is 3.26. The summed E-state index contributed by atoms with van der Waals surface area (Å²) < 4.78 is 0. The van der Waals surface area contributed by atoms with Crippen molar-refractivity contribution >= 4 is 11.4 Å². The van der Waals surface area contributed by atoms with Crippen molar-refractivity contribution in [3.8, 4) is 33.4 Å². The second kappa shape index (κ2) is 7.97. The lowest BCUT2D eigenvalue weighted by Gasteiger charge is -2.07. The molecule has 0 saturated heterocycles. The molecule has 4 rings (SSSR count). The zero-order valence-electron chi connectivity index (χ0n) is 15.8. The molecular formula is C24H16N2O4. The Morgan fingerprint density at radius 2 is 0.533 bits per heavy atom. The van der Waals surface area contributed by atoms with Crippen molar-refractivity contribution in [3.05, 3.63) is 117 Å². The zero-order valence-corrected chi connectivity index (χ0v) is 15.8. The van der Waals surface area contributed by atoms with Gasteiger partial charge in [0, 0.05) is 24.3 Å². The van der Waals surface area contributed by atoms with Gasteiger partial charge in [-0.3, -0.25) is 20.2 Å². The molecule has 0 aliphatic heterocycles. The number of hydrogen-bond donors (Lipinski definition) is 0. The topological polar surface area (TPSA) is 86.3 Å². The summed E-state index contributed by atoms with van der Waals surface area (Å²) in [7, 11) is 0. The van der Waals surface area contributed by atoms with E-state index in [9.17, 15) is 20.2 Å². The van der Waals surface area contributed by atoms with Gasteiger partial charge in [-0.15, -0.1) is 0 Å². The Hall–Kier alpha value is -4.32. The van der Waals surface area contributed by atoms with Crippen LogP contribution in [0.3, 0.4) is 0 Å². The molecule has 0 aliphatic rings. The summed E-state index contributed by atoms with van der Waals surface area (Å²) in [4.78, 5) is 20.8. The van der Waals surface area contributed by atoms with Crippen molar-refractivity contribution in [3.63, 3.8) is 0 Å². The SMILES string of the molecule is O=[N+]([O-])c1ccc(-c2ccc(-c3ccc(-c4ccc([N+](=O)[O-])cc4)cc3)cc2)cc1. The van der Waals surface area contributed by atoms with Crippen molar-refractivity contribution < 1.29 is 9.85 Å². The van der Waals surface area contributed by atoms with Gasteiger partial charge >= 0.3 is 0 Å². The zero-order chi connectivity index (χ0) is 21.1. The van der Waals surface area contributed by atoms with Crippen LogP contribution >= 0.6 is 0 Å².